The molecular weight excluding hydrogens is 112 g/mol. The van der Waals surface area contributed by atoms with E-state index in [0.717, 1.165) is 12.3 Å². The van der Waals surface area contributed by atoms with E-state index in [1.165, 1.54) is 6.42 Å². The number of rotatable bonds is 2. The lowest BCUT2D eigenvalue weighted by atomic mass is 10.0. The lowest BCUT2D eigenvalue weighted by Crippen LogP contribution is -2.07. The van der Waals surface area contributed by atoms with Crippen LogP contribution >= 0.6 is 0 Å². The van der Waals surface area contributed by atoms with Crippen LogP contribution in [0.5, 0.6) is 0 Å². The van der Waals surface area contributed by atoms with Gasteiger partial charge in [0, 0.05) is 6.42 Å². The van der Waals surface area contributed by atoms with Crippen molar-refractivity contribution in [2.24, 2.45) is 5.92 Å². The van der Waals surface area contributed by atoms with Crippen molar-refractivity contribution < 1.29 is 4.74 Å². The number of ether oxygens (including phenoxy) is 1. The normalized spacial score (nSPS) is 25.0. The van der Waals surface area contributed by atoms with Gasteiger partial charge in [0.2, 0.25) is 0 Å². The van der Waals surface area contributed by atoms with Gasteiger partial charge in [-0.2, -0.15) is 0 Å². The fourth-order valence-corrected chi connectivity index (χ4v) is 1.11. The van der Waals surface area contributed by atoms with Crippen LogP contribution in [0.1, 0.15) is 26.7 Å². The lowest BCUT2D eigenvalue weighted by Gasteiger charge is -2.11. The van der Waals surface area contributed by atoms with Crippen LogP contribution in [0.3, 0.4) is 0 Å². The van der Waals surface area contributed by atoms with Crippen LogP contribution in [-0.4, -0.2) is 6.10 Å². The van der Waals surface area contributed by atoms with Crippen molar-refractivity contribution in [1.29, 1.82) is 0 Å². The molecule has 0 aromatic rings. The van der Waals surface area contributed by atoms with Gasteiger partial charge in [-0.05, 0) is 18.4 Å². The topological polar surface area (TPSA) is 9.23 Å². The quantitative estimate of drug-likeness (QED) is 0.551. The Morgan fingerprint density at radius 2 is 2.44 bits per heavy atom. The Labute approximate surface area is 56.7 Å². The molecule has 0 fully saturated rings. The molecule has 0 radical (unpaired) electrons. The van der Waals surface area contributed by atoms with E-state index in [2.05, 4.69) is 19.9 Å². The molecule has 1 unspecified atom stereocenters. The van der Waals surface area contributed by atoms with Crippen LogP contribution in [0.4, 0.5) is 0 Å². The predicted octanol–water partition coefficient (Wildman–Crippen LogP) is 2.34. The van der Waals surface area contributed by atoms with Crippen molar-refractivity contribution in [1.82, 2.24) is 0 Å². The molecule has 0 aliphatic carbocycles. The van der Waals surface area contributed by atoms with Crippen molar-refractivity contribution in [2.45, 2.75) is 32.8 Å². The van der Waals surface area contributed by atoms with Gasteiger partial charge in [-0.15, -0.1) is 0 Å². The molecule has 9 heavy (non-hydrogen) atoms. The Kier molecular flexibility index (Phi) is 2.15. The summed E-state index contributed by atoms with van der Waals surface area (Å²) >= 11 is 0. The number of hydrogen-bond donors (Lipinski definition) is 0. The van der Waals surface area contributed by atoms with Gasteiger partial charge in [0.15, 0.2) is 0 Å². The second-order valence-electron chi connectivity index (χ2n) is 3.00. The average molecular weight is 126 g/mol. The van der Waals surface area contributed by atoms with Gasteiger partial charge in [0.05, 0.1) is 6.26 Å². The summed E-state index contributed by atoms with van der Waals surface area (Å²) in [6, 6.07) is 0. The van der Waals surface area contributed by atoms with Gasteiger partial charge in [0.1, 0.15) is 6.10 Å². The molecule has 1 rings (SSSR count). The Morgan fingerprint density at radius 3 is 2.89 bits per heavy atom. The van der Waals surface area contributed by atoms with Crippen LogP contribution in [-0.2, 0) is 4.74 Å². The summed E-state index contributed by atoms with van der Waals surface area (Å²) in [4.78, 5) is 0. The summed E-state index contributed by atoms with van der Waals surface area (Å²) in [5, 5.41) is 0. The lowest BCUT2D eigenvalue weighted by molar-refractivity contribution is 0.146. The zero-order valence-electron chi connectivity index (χ0n) is 6.13. The maximum absolute atomic E-state index is 5.28. The minimum atomic E-state index is 0.477. The highest BCUT2D eigenvalue weighted by Gasteiger charge is 2.11. The Morgan fingerprint density at radius 1 is 1.67 bits per heavy atom. The van der Waals surface area contributed by atoms with E-state index in [-0.39, 0.29) is 0 Å². The van der Waals surface area contributed by atoms with Crippen LogP contribution in [0.15, 0.2) is 12.3 Å². The Bertz CT molecular complexity index is 97.1. The molecule has 0 spiro atoms. The Hall–Kier alpha value is -0.460. The molecule has 0 amide bonds. The SMILES string of the molecule is CC(C)CC1CC=CO1. The summed E-state index contributed by atoms with van der Waals surface area (Å²) < 4.78 is 5.28. The zero-order valence-corrected chi connectivity index (χ0v) is 6.13. The van der Waals surface area contributed by atoms with Gasteiger partial charge in [-0.1, -0.05) is 13.8 Å². The first-order valence-electron chi connectivity index (χ1n) is 3.59. The third-order valence-electron chi connectivity index (χ3n) is 1.50. The van der Waals surface area contributed by atoms with Crippen molar-refractivity contribution in [3.63, 3.8) is 0 Å². The second kappa shape index (κ2) is 2.90. The summed E-state index contributed by atoms with van der Waals surface area (Å²) in [5.74, 6) is 0.759. The van der Waals surface area contributed by atoms with Gasteiger partial charge in [-0.3, -0.25) is 0 Å². The minimum absolute atomic E-state index is 0.477. The molecule has 0 saturated heterocycles. The van der Waals surface area contributed by atoms with Gasteiger partial charge in [-0.25, -0.2) is 0 Å². The van der Waals surface area contributed by atoms with Crippen molar-refractivity contribution in [3.8, 4) is 0 Å². The van der Waals surface area contributed by atoms with E-state index in [1.807, 2.05) is 6.26 Å². The van der Waals surface area contributed by atoms with E-state index in [4.69, 9.17) is 4.74 Å². The van der Waals surface area contributed by atoms with Crippen LogP contribution < -0.4 is 0 Å². The molecule has 1 heteroatoms. The fraction of sp³-hybridized carbons (Fsp3) is 0.750. The number of hydrogen-bond acceptors (Lipinski definition) is 1. The highest BCUT2D eigenvalue weighted by atomic mass is 16.5. The smallest absolute Gasteiger partial charge is 0.102 e. The summed E-state index contributed by atoms with van der Waals surface area (Å²) in [5.41, 5.74) is 0. The molecule has 1 heterocycles. The molecule has 0 bridgehead atoms. The van der Waals surface area contributed by atoms with Crippen molar-refractivity contribution in [3.05, 3.63) is 12.3 Å². The molecule has 1 nitrogen and oxygen atoms in total. The van der Waals surface area contributed by atoms with E-state index < -0.39 is 0 Å². The molecule has 1 atom stereocenters. The highest BCUT2D eigenvalue weighted by Crippen LogP contribution is 2.16. The van der Waals surface area contributed by atoms with Crippen molar-refractivity contribution in [2.75, 3.05) is 0 Å². The fourth-order valence-electron chi connectivity index (χ4n) is 1.11. The predicted molar refractivity (Wildman–Crippen MR) is 38.1 cm³/mol. The third-order valence-corrected chi connectivity index (χ3v) is 1.50. The maximum atomic E-state index is 5.28. The van der Waals surface area contributed by atoms with E-state index in [0.29, 0.717) is 6.10 Å². The summed E-state index contributed by atoms with van der Waals surface area (Å²) in [6.07, 6.45) is 6.68. The maximum Gasteiger partial charge on any atom is 0.102 e. The molecule has 1 aliphatic heterocycles. The average Bonchev–Trinajstić information content (AvgIpc) is 2.15. The van der Waals surface area contributed by atoms with Gasteiger partial charge < -0.3 is 4.74 Å². The largest absolute Gasteiger partial charge is 0.498 e. The Balaban J connectivity index is 2.14. The van der Waals surface area contributed by atoms with E-state index >= 15 is 0 Å². The van der Waals surface area contributed by atoms with Crippen LogP contribution in [0.2, 0.25) is 0 Å². The van der Waals surface area contributed by atoms with Crippen LogP contribution in [0.25, 0.3) is 0 Å². The molecule has 52 valence electrons. The first-order chi connectivity index (χ1) is 4.29. The van der Waals surface area contributed by atoms with Gasteiger partial charge in [0.25, 0.3) is 0 Å². The molecule has 0 aromatic heterocycles. The first kappa shape index (κ1) is 6.66. The highest BCUT2D eigenvalue weighted by molar-refractivity contribution is 4.86. The molecular formula is C8H14O. The van der Waals surface area contributed by atoms with Gasteiger partial charge >= 0.3 is 0 Å². The minimum Gasteiger partial charge on any atom is -0.498 e. The second-order valence-corrected chi connectivity index (χ2v) is 3.00. The first-order valence-corrected chi connectivity index (χ1v) is 3.59. The third kappa shape index (κ3) is 2.08. The molecule has 1 aliphatic rings. The summed E-state index contributed by atoms with van der Waals surface area (Å²) in [6.45, 7) is 4.45. The summed E-state index contributed by atoms with van der Waals surface area (Å²) in [7, 11) is 0. The van der Waals surface area contributed by atoms with Crippen molar-refractivity contribution >= 4 is 0 Å². The zero-order chi connectivity index (χ0) is 6.69. The molecule has 0 N–H and O–H groups in total. The van der Waals surface area contributed by atoms with E-state index in [1.54, 1.807) is 0 Å². The standard InChI is InChI=1S/C8H14O/c1-7(2)6-8-4-3-5-9-8/h3,5,7-8H,4,6H2,1-2H3. The van der Waals surface area contributed by atoms with E-state index in [9.17, 15) is 0 Å². The molecule has 0 saturated carbocycles. The monoisotopic (exact) mass is 126 g/mol. The molecule has 0 aromatic carbocycles. The van der Waals surface area contributed by atoms with Crippen LogP contribution in [0, 0.1) is 5.92 Å².